The molecule has 1 aromatic rings. The summed E-state index contributed by atoms with van der Waals surface area (Å²) in [6.07, 6.45) is 0. The van der Waals surface area contributed by atoms with E-state index in [-0.39, 0.29) is 0 Å². The van der Waals surface area contributed by atoms with Crippen molar-refractivity contribution in [3.63, 3.8) is 0 Å². The predicted molar refractivity (Wildman–Crippen MR) is 56.6 cm³/mol. The van der Waals surface area contributed by atoms with E-state index < -0.39 is 6.67 Å². The van der Waals surface area contributed by atoms with Gasteiger partial charge in [0.15, 0.2) is 0 Å². The van der Waals surface area contributed by atoms with Crippen molar-refractivity contribution in [2.45, 2.75) is 6.92 Å². The van der Waals surface area contributed by atoms with Gasteiger partial charge in [0.1, 0.15) is 12.4 Å². The molecule has 0 fully saturated rings. The summed E-state index contributed by atoms with van der Waals surface area (Å²) < 4.78 is 17.0. The summed E-state index contributed by atoms with van der Waals surface area (Å²) >= 11 is 0. The highest BCUT2D eigenvalue weighted by atomic mass is 19.1. The lowest BCUT2D eigenvalue weighted by Crippen LogP contribution is -2.05. The van der Waals surface area contributed by atoms with E-state index in [4.69, 9.17) is 10.5 Å². The zero-order chi connectivity index (χ0) is 10.6. The minimum Gasteiger partial charge on any atom is -0.495 e. The van der Waals surface area contributed by atoms with E-state index in [2.05, 4.69) is 5.32 Å². The second-order valence-corrected chi connectivity index (χ2v) is 3.02. The molecule has 4 heteroatoms. The third-order valence-electron chi connectivity index (χ3n) is 1.99. The van der Waals surface area contributed by atoms with E-state index in [0.29, 0.717) is 18.0 Å². The van der Waals surface area contributed by atoms with Crippen LogP contribution in [0.25, 0.3) is 0 Å². The van der Waals surface area contributed by atoms with Crippen LogP contribution < -0.4 is 15.8 Å². The molecule has 0 aliphatic heterocycles. The van der Waals surface area contributed by atoms with Crippen molar-refractivity contribution >= 4 is 11.4 Å². The molecule has 0 saturated carbocycles. The zero-order valence-electron chi connectivity index (χ0n) is 8.43. The molecule has 1 aromatic carbocycles. The van der Waals surface area contributed by atoms with Gasteiger partial charge in [0, 0.05) is 18.3 Å². The number of halogens is 1. The molecule has 1 rings (SSSR count). The Kier molecular flexibility index (Phi) is 3.56. The number of ether oxygens (including phenoxy) is 1. The van der Waals surface area contributed by atoms with Crippen LogP contribution in [0.15, 0.2) is 12.1 Å². The van der Waals surface area contributed by atoms with Gasteiger partial charge in [-0.25, -0.2) is 4.39 Å². The van der Waals surface area contributed by atoms with Gasteiger partial charge in [0.05, 0.1) is 12.8 Å². The molecular weight excluding hydrogens is 183 g/mol. The van der Waals surface area contributed by atoms with Crippen LogP contribution in [0.1, 0.15) is 5.56 Å². The summed E-state index contributed by atoms with van der Waals surface area (Å²) in [6, 6.07) is 3.58. The average molecular weight is 198 g/mol. The number of hydrogen-bond acceptors (Lipinski definition) is 3. The lowest BCUT2D eigenvalue weighted by molar-refractivity contribution is 0.417. The molecule has 0 radical (unpaired) electrons. The summed E-state index contributed by atoms with van der Waals surface area (Å²) in [6.45, 7) is 1.82. The Balaban J connectivity index is 2.92. The van der Waals surface area contributed by atoms with Gasteiger partial charge in [-0.05, 0) is 18.6 Å². The monoisotopic (exact) mass is 198 g/mol. The summed E-state index contributed by atoms with van der Waals surface area (Å²) in [5.41, 5.74) is 8.13. The lowest BCUT2D eigenvalue weighted by Gasteiger charge is -2.11. The standard InChI is InChI=1S/C10H15FN2O/c1-7-5-8(12)10(14-2)6-9(7)13-4-3-11/h5-6,13H,3-4,12H2,1-2H3. The van der Waals surface area contributed by atoms with Crippen molar-refractivity contribution in [3.05, 3.63) is 17.7 Å². The molecule has 0 amide bonds. The number of benzene rings is 1. The maximum atomic E-state index is 12.0. The van der Waals surface area contributed by atoms with E-state index in [0.717, 1.165) is 11.3 Å². The number of anilines is 2. The summed E-state index contributed by atoms with van der Waals surface area (Å²) in [5, 5.41) is 2.95. The fourth-order valence-corrected chi connectivity index (χ4v) is 1.26. The first-order chi connectivity index (χ1) is 6.69. The predicted octanol–water partition coefficient (Wildman–Crippen LogP) is 1.97. The number of methoxy groups -OCH3 is 1. The van der Waals surface area contributed by atoms with Crippen molar-refractivity contribution in [1.29, 1.82) is 0 Å². The van der Waals surface area contributed by atoms with Gasteiger partial charge < -0.3 is 15.8 Å². The molecule has 78 valence electrons. The number of aryl methyl sites for hydroxylation is 1. The number of alkyl halides is 1. The first-order valence-corrected chi connectivity index (χ1v) is 4.43. The van der Waals surface area contributed by atoms with Crippen LogP contribution in [0.2, 0.25) is 0 Å². The largest absolute Gasteiger partial charge is 0.495 e. The zero-order valence-corrected chi connectivity index (χ0v) is 8.43. The maximum Gasteiger partial charge on any atom is 0.143 e. The van der Waals surface area contributed by atoms with Crippen LogP contribution >= 0.6 is 0 Å². The van der Waals surface area contributed by atoms with Gasteiger partial charge in [-0.2, -0.15) is 0 Å². The number of nitrogens with one attached hydrogen (secondary N) is 1. The van der Waals surface area contributed by atoms with Crippen LogP contribution in [0.3, 0.4) is 0 Å². The van der Waals surface area contributed by atoms with Crippen molar-refractivity contribution in [2.24, 2.45) is 0 Å². The van der Waals surface area contributed by atoms with Crippen LogP contribution in [0.4, 0.5) is 15.8 Å². The Morgan fingerprint density at radius 1 is 1.50 bits per heavy atom. The van der Waals surface area contributed by atoms with Crippen molar-refractivity contribution < 1.29 is 9.13 Å². The molecule has 0 heterocycles. The summed E-state index contributed by atoms with van der Waals surface area (Å²) in [5.74, 6) is 0.608. The second-order valence-electron chi connectivity index (χ2n) is 3.02. The van der Waals surface area contributed by atoms with Crippen molar-refractivity contribution in [2.75, 3.05) is 31.4 Å². The Labute approximate surface area is 83.1 Å². The maximum absolute atomic E-state index is 12.0. The van der Waals surface area contributed by atoms with E-state index in [1.54, 1.807) is 19.2 Å². The molecule has 0 aliphatic carbocycles. The normalized spacial score (nSPS) is 9.93. The van der Waals surface area contributed by atoms with E-state index in [1.807, 2.05) is 6.92 Å². The topological polar surface area (TPSA) is 47.3 Å². The van der Waals surface area contributed by atoms with E-state index in [9.17, 15) is 4.39 Å². The molecule has 0 aromatic heterocycles. The van der Waals surface area contributed by atoms with Crippen LogP contribution in [0.5, 0.6) is 5.75 Å². The second kappa shape index (κ2) is 4.69. The Morgan fingerprint density at radius 3 is 2.79 bits per heavy atom. The van der Waals surface area contributed by atoms with Gasteiger partial charge >= 0.3 is 0 Å². The SMILES string of the molecule is COc1cc(NCCF)c(C)cc1N. The lowest BCUT2D eigenvalue weighted by atomic mass is 10.1. The third kappa shape index (κ3) is 2.28. The highest BCUT2D eigenvalue weighted by molar-refractivity contribution is 5.65. The quantitative estimate of drug-likeness (QED) is 0.727. The highest BCUT2D eigenvalue weighted by Crippen LogP contribution is 2.28. The molecule has 0 atom stereocenters. The van der Waals surface area contributed by atoms with Gasteiger partial charge in [0.2, 0.25) is 0 Å². The fourth-order valence-electron chi connectivity index (χ4n) is 1.26. The van der Waals surface area contributed by atoms with Gasteiger partial charge in [-0.3, -0.25) is 0 Å². The molecule has 14 heavy (non-hydrogen) atoms. The first kappa shape index (κ1) is 10.6. The summed E-state index contributed by atoms with van der Waals surface area (Å²) in [7, 11) is 1.56. The van der Waals surface area contributed by atoms with E-state index >= 15 is 0 Å². The Morgan fingerprint density at radius 2 is 2.21 bits per heavy atom. The summed E-state index contributed by atoms with van der Waals surface area (Å²) in [4.78, 5) is 0. The minimum atomic E-state index is -0.397. The van der Waals surface area contributed by atoms with E-state index in [1.165, 1.54) is 0 Å². The van der Waals surface area contributed by atoms with Crippen molar-refractivity contribution in [3.8, 4) is 5.75 Å². The van der Waals surface area contributed by atoms with Gasteiger partial charge in [-0.15, -0.1) is 0 Å². The number of hydrogen-bond donors (Lipinski definition) is 2. The molecule has 0 unspecified atom stereocenters. The average Bonchev–Trinajstić information content (AvgIpc) is 2.17. The smallest absolute Gasteiger partial charge is 0.143 e. The number of nitrogen functional groups attached to an aromatic ring is 1. The number of rotatable bonds is 4. The fraction of sp³-hybridized carbons (Fsp3) is 0.400. The molecule has 0 aliphatic rings. The van der Waals surface area contributed by atoms with Gasteiger partial charge in [-0.1, -0.05) is 0 Å². The number of nitrogens with two attached hydrogens (primary N) is 1. The Bertz CT molecular complexity index is 315. The third-order valence-corrected chi connectivity index (χ3v) is 1.99. The highest BCUT2D eigenvalue weighted by Gasteiger charge is 2.04. The Hall–Kier alpha value is -1.45. The molecular formula is C10H15FN2O. The molecule has 3 N–H and O–H groups in total. The van der Waals surface area contributed by atoms with Crippen molar-refractivity contribution in [1.82, 2.24) is 0 Å². The van der Waals surface area contributed by atoms with Gasteiger partial charge in [0.25, 0.3) is 0 Å². The van der Waals surface area contributed by atoms with Crippen LogP contribution in [-0.2, 0) is 0 Å². The van der Waals surface area contributed by atoms with Crippen LogP contribution in [-0.4, -0.2) is 20.3 Å². The minimum absolute atomic E-state index is 0.300. The first-order valence-electron chi connectivity index (χ1n) is 4.43. The molecule has 0 spiro atoms. The molecule has 0 saturated heterocycles. The molecule has 0 bridgehead atoms. The van der Waals surface area contributed by atoms with Crippen LogP contribution in [0, 0.1) is 6.92 Å². The molecule has 3 nitrogen and oxygen atoms in total.